The highest BCUT2D eigenvalue weighted by atomic mass is 32.2. The molecule has 1 aromatic rings. The van der Waals surface area contributed by atoms with Crippen LogP contribution in [0, 0.1) is 0 Å². The fraction of sp³-hybridized carbons (Fsp3) is 0.571. The molecule has 1 heterocycles. The van der Waals surface area contributed by atoms with Crippen molar-refractivity contribution in [1.82, 2.24) is 5.32 Å². The van der Waals surface area contributed by atoms with Crippen molar-refractivity contribution in [2.24, 2.45) is 0 Å². The van der Waals surface area contributed by atoms with Crippen LogP contribution in [0.2, 0.25) is 0 Å². The first kappa shape index (κ1) is 14.3. The number of sulfone groups is 1. The van der Waals surface area contributed by atoms with Gasteiger partial charge in [-0.15, -0.1) is 0 Å². The first-order chi connectivity index (χ1) is 9.02. The second-order valence-electron chi connectivity index (χ2n) is 5.06. The van der Waals surface area contributed by atoms with Crippen LogP contribution in [0.1, 0.15) is 31.4 Å². The van der Waals surface area contributed by atoms with E-state index in [0.717, 1.165) is 11.3 Å². The first-order valence-electron chi connectivity index (χ1n) is 6.61. The molecule has 0 aliphatic carbocycles. The van der Waals surface area contributed by atoms with Crippen molar-refractivity contribution in [2.75, 3.05) is 18.6 Å². The van der Waals surface area contributed by atoms with E-state index >= 15 is 0 Å². The highest BCUT2D eigenvalue weighted by molar-refractivity contribution is 7.91. The lowest BCUT2D eigenvalue weighted by molar-refractivity contribution is 0.384. The molecule has 0 saturated carbocycles. The van der Waals surface area contributed by atoms with Crippen molar-refractivity contribution in [2.45, 2.75) is 31.8 Å². The molecule has 1 atom stereocenters. The first-order valence-corrected chi connectivity index (χ1v) is 8.43. The highest BCUT2D eigenvalue weighted by Gasteiger charge is 2.25. The van der Waals surface area contributed by atoms with E-state index in [1.807, 2.05) is 24.3 Å². The molecule has 1 saturated heterocycles. The van der Waals surface area contributed by atoms with E-state index in [1.165, 1.54) is 0 Å². The average Bonchev–Trinajstić information content (AvgIpc) is 2.41. The molecule has 0 unspecified atom stereocenters. The van der Waals surface area contributed by atoms with Crippen LogP contribution >= 0.6 is 0 Å². The Labute approximate surface area is 115 Å². The third-order valence-corrected chi connectivity index (χ3v) is 5.36. The maximum atomic E-state index is 11.4. The second kappa shape index (κ2) is 5.92. The van der Waals surface area contributed by atoms with E-state index in [1.54, 1.807) is 7.11 Å². The summed E-state index contributed by atoms with van der Waals surface area (Å²) in [6.45, 7) is 2.08. The van der Waals surface area contributed by atoms with Gasteiger partial charge in [-0.2, -0.15) is 0 Å². The predicted octanol–water partition coefficient (Wildman–Crippen LogP) is 1.92. The van der Waals surface area contributed by atoms with Gasteiger partial charge in [0.25, 0.3) is 0 Å². The van der Waals surface area contributed by atoms with Crippen LogP contribution in [-0.2, 0) is 9.84 Å². The molecule has 0 spiro atoms. The minimum absolute atomic E-state index is 0.155. The van der Waals surface area contributed by atoms with E-state index in [4.69, 9.17) is 4.74 Å². The molecule has 4 nitrogen and oxygen atoms in total. The van der Waals surface area contributed by atoms with Crippen molar-refractivity contribution in [1.29, 1.82) is 0 Å². The number of benzene rings is 1. The minimum Gasteiger partial charge on any atom is -0.496 e. The standard InChI is InChI=1S/C14H21NO3S/c1-11(13-5-3-4-6-14(13)18-2)15-12-7-9-19(16,17)10-8-12/h3-6,11-12,15H,7-10H2,1-2H3/t11-/m0/s1. The van der Waals surface area contributed by atoms with Crippen LogP contribution in [0.5, 0.6) is 5.75 Å². The Kier molecular flexibility index (Phi) is 4.47. The molecule has 2 rings (SSSR count). The van der Waals surface area contributed by atoms with Crippen molar-refractivity contribution >= 4 is 9.84 Å². The van der Waals surface area contributed by atoms with Crippen LogP contribution in [0.15, 0.2) is 24.3 Å². The summed E-state index contributed by atoms with van der Waals surface area (Å²) >= 11 is 0. The van der Waals surface area contributed by atoms with Gasteiger partial charge in [-0.3, -0.25) is 0 Å². The monoisotopic (exact) mass is 283 g/mol. The summed E-state index contributed by atoms with van der Waals surface area (Å²) in [5.41, 5.74) is 1.11. The van der Waals surface area contributed by atoms with Gasteiger partial charge in [-0.1, -0.05) is 18.2 Å². The number of ether oxygens (including phenoxy) is 1. The number of hydrogen-bond acceptors (Lipinski definition) is 4. The summed E-state index contributed by atoms with van der Waals surface area (Å²) in [4.78, 5) is 0. The normalized spacial score (nSPS) is 20.9. The molecule has 1 N–H and O–H groups in total. The quantitative estimate of drug-likeness (QED) is 0.917. The number of hydrogen-bond donors (Lipinski definition) is 1. The Bertz CT molecular complexity index is 513. The molecule has 0 bridgehead atoms. The van der Waals surface area contributed by atoms with Crippen molar-refractivity contribution in [3.63, 3.8) is 0 Å². The summed E-state index contributed by atoms with van der Waals surface area (Å²) in [5, 5.41) is 3.50. The zero-order valence-electron chi connectivity index (χ0n) is 11.4. The van der Waals surface area contributed by atoms with Gasteiger partial charge in [0.2, 0.25) is 0 Å². The zero-order valence-corrected chi connectivity index (χ0v) is 12.2. The third kappa shape index (κ3) is 3.70. The Morgan fingerprint density at radius 2 is 1.89 bits per heavy atom. The predicted molar refractivity (Wildman–Crippen MR) is 76.2 cm³/mol. The van der Waals surface area contributed by atoms with Crippen molar-refractivity contribution in [3.05, 3.63) is 29.8 Å². The second-order valence-corrected chi connectivity index (χ2v) is 7.36. The summed E-state index contributed by atoms with van der Waals surface area (Å²) in [5.74, 6) is 1.46. The maximum absolute atomic E-state index is 11.4. The van der Waals surface area contributed by atoms with Crippen molar-refractivity contribution in [3.8, 4) is 5.75 Å². The van der Waals surface area contributed by atoms with Crippen molar-refractivity contribution < 1.29 is 13.2 Å². The van der Waals surface area contributed by atoms with Gasteiger partial charge in [0.15, 0.2) is 0 Å². The van der Waals surface area contributed by atoms with Gasteiger partial charge in [0, 0.05) is 17.6 Å². The van der Waals surface area contributed by atoms with Crippen LogP contribution in [0.4, 0.5) is 0 Å². The van der Waals surface area contributed by atoms with E-state index in [0.29, 0.717) is 24.3 Å². The van der Waals surface area contributed by atoms with Gasteiger partial charge in [-0.05, 0) is 25.8 Å². The Morgan fingerprint density at radius 1 is 1.26 bits per heavy atom. The molecule has 1 aromatic carbocycles. The number of rotatable bonds is 4. The zero-order chi connectivity index (χ0) is 13.9. The van der Waals surface area contributed by atoms with Gasteiger partial charge in [0.05, 0.1) is 18.6 Å². The Balaban J connectivity index is 2.00. The Hall–Kier alpha value is -1.07. The summed E-state index contributed by atoms with van der Waals surface area (Å²) in [6, 6.07) is 8.34. The molecule has 19 heavy (non-hydrogen) atoms. The lowest BCUT2D eigenvalue weighted by Crippen LogP contribution is -2.38. The van der Waals surface area contributed by atoms with E-state index in [9.17, 15) is 8.42 Å². The van der Waals surface area contributed by atoms with Gasteiger partial charge in [0.1, 0.15) is 15.6 Å². The molecule has 0 aromatic heterocycles. The highest BCUT2D eigenvalue weighted by Crippen LogP contribution is 2.26. The molecule has 1 aliphatic rings. The summed E-state index contributed by atoms with van der Waals surface area (Å²) in [7, 11) is -1.13. The van der Waals surface area contributed by atoms with E-state index < -0.39 is 9.84 Å². The summed E-state index contributed by atoms with van der Waals surface area (Å²) in [6.07, 6.45) is 1.39. The SMILES string of the molecule is COc1ccccc1[C@H](C)NC1CCS(=O)(=O)CC1. The van der Waals surface area contributed by atoms with Gasteiger partial charge in [-0.25, -0.2) is 8.42 Å². The number of nitrogens with one attached hydrogen (secondary N) is 1. The largest absolute Gasteiger partial charge is 0.496 e. The minimum atomic E-state index is -2.79. The lowest BCUT2D eigenvalue weighted by atomic mass is 10.0. The Morgan fingerprint density at radius 3 is 2.53 bits per heavy atom. The molecule has 0 amide bonds. The van der Waals surface area contributed by atoms with Crippen LogP contribution < -0.4 is 10.1 Å². The average molecular weight is 283 g/mol. The number of para-hydroxylation sites is 1. The van der Waals surface area contributed by atoms with Crippen LogP contribution in [0.25, 0.3) is 0 Å². The van der Waals surface area contributed by atoms with E-state index in [2.05, 4.69) is 12.2 Å². The molecular formula is C14H21NO3S. The maximum Gasteiger partial charge on any atom is 0.150 e. The molecule has 106 valence electrons. The molecule has 1 aliphatic heterocycles. The van der Waals surface area contributed by atoms with Gasteiger partial charge < -0.3 is 10.1 Å². The third-order valence-electron chi connectivity index (χ3n) is 3.65. The molecule has 5 heteroatoms. The lowest BCUT2D eigenvalue weighted by Gasteiger charge is -2.27. The molecular weight excluding hydrogens is 262 g/mol. The summed E-state index contributed by atoms with van der Waals surface area (Å²) < 4.78 is 28.2. The molecule has 1 fully saturated rings. The van der Waals surface area contributed by atoms with Crippen LogP contribution in [0.3, 0.4) is 0 Å². The molecule has 0 radical (unpaired) electrons. The van der Waals surface area contributed by atoms with E-state index in [-0.39, 0.29) is 12.1 Å². The fourth-order valence-corrected chi connectivity index (χ4v) is 4.02. The topological polar surface area (TPSA) is 55.4 Å². The fourth-order valence-electron chi connectivity index (χ4n) is 2.52. The van der Waals surface area contributed by atoms with Gasteiger partial charge >= 0.3 is 0 Å². The number of methoxy groups -OCH3 is 1. The smallest absolute Gasteiger partial charge is 0.150 e. The van der Waals surface area contributed by atoms with Crippen LogP contribution in [-0.4, -0.2) is 33.1 Å².